The third-order valence-corrected chi connectivity index (χ3v) is 2.07. The van der Waals surface area contributed by atoms with Crippen molar-refractivity contribution in [2.75, 3.05) is 0 Å². The van der Waals surface area contributed by atoms with Gasteiger partial charge >= 0.3 is 0 Å². The largest absolute Gasteiger partial charge is 0.346 e. The number of nitrogens with zero attached hydrogens (tertiary/aromatic N) is 2. The summed E-state index contributed by atoms with van der Waals surface area (Å²) in [5.74, 6) is 0. The summed E-state index contributed by atoms with van der Waals surface area (Å²) >= 11 is 0. The highest BCUT2D eigenvalue weighted by molar-refractivity contribution is 5.92. The van der Waals surface area contributed by atoms with E-state index in [-0.39, 0.29) is 0 Å². The SMILES string of the molecule is c1cnc2cn3cc[nH]c3c2c1. The Labute approximate surface area is 68.7 Å². The van der Waals surface area contributed by atoms with Crippen LogP contribution in [0.15, 0.2) is 36.9 Å². The summed E-state index contributed by atoms with van der Waals surface area (Å²) in [5.41, 5.74) is 2.14. The second-order valence-electron chi connectivity index (χ2n) is 2.78. The molecule has 0 aliphatic heterocycles. The number of H-pyrrole nitrogens is 1. The molecule has 3 heteroatoms. The number of aromatic nitrogens is 3. The van der Waals surface area contributed by atoms with E-state index in [0.717, 1.165) is 11.2 Å². The van der Waals surface area contributed by atoms with Crippen LogP contribution in [0.1, 0.15) is 0 Å². The van der Waals surface area contributed by atoms with Gasteiger partial charge in [-0.3, -0.25) is 4.98 Å². The highest BCUT2D eigenvalue weighted by Crippen LogP contribution is 2.17. The number of aromatic amines is 1. The van der Waals surface area contributed by atoms with Crippen molar-refractivity contribution in [1.29, 1.82) is 0 Å². The molecule has 0 radical (unpaired) electrons. The van der Waals surface area contributed by atoms with E-state index in [2.05, 4.69) is 16.0 Å². The molecule has 3 nitrogen and oxygen atoms in total. The van der Waals surface area contributed by atoms with Crippen LogP contribution in [-0.2, 0) is 0 Å². The Morgan fingerprint density at radius 3 is 3.42 bits per heavy atom. The lowest BCUT2D eigenvalue weighted by molar-refractivity contribution is 1.23. The normalized spacial score (nSPS) is 11.3. The molecule has 0 fully saturated rings. The number of hydrogen-bond acceptors (Lipinski definition) is 1. The summed E-state index contributed by atoms with van der Waals surface area (Å²) in [4.78, 5) is 7.42. The molecule has 0 bridgehead atoms. The van der Waals surface area contributed by atoms with E-state index in [0.29, 0.717) is 0 Å². The molecule has 0 saturated carbocycles. The summed E-state index contributed by atoms with van der Waals surface area (Å²) in [5, 5.41) is 1.17. The Balaban J connectivity index is 2.68. The lowest BCUT2D eigenvalue weighted by atomic mass is 10.3. The molecule has 12 heavy (non-hydrogen) atoms. The quantitative estimate of drug-likeness (QED) is 0.530. The molecule has 0 amide bonds. The van der Waals surface area contributed by atoms with Gasteiger partial charge < -0.3 is 9.38 Å². The Morgan fingerprint density at radius 1 is 1.42 bits per heavy atom. The van der Waals surface area contributed by atoms with Crippen molar-refractivity contribution < 1.29 is 0 Å². The predicted octanol–water partition coefficient (Wildman–Crippen LogP) is 1.82. The van der Waals surface area contributed by atoms with E-state index >= 15 is 0 Å². The van der Waals surface area contributed by atoms with E-state index in [1.807, 2.05) is 35.3 Å². The molecule has 3 heterocycles. The van der Waals surface area contributed by atoms with E-state index in [9.17, 15) is 0 Å². The van der Waals surface area contributed by atoms with Gasteiger partial charge in [-0.15, -0.1) is 0 Å². The average molecular weight is 157 g/mol. The second kappa shape index (κ2) is 1.88. The van der Waals surface area contributed by atoms with Crippen LogP contribution in [0, 0.1) is 0 Å². The number of fused-ring (bicyclic) bond motifs is 3. The van der Waals surface area contributed by atoms with Crippen molar-refractivity contribution in [2.24, 2.45) is 0 Å². The van der Waals surface area contributed by atoms with E-state index in [1.165, 1.54) is 5.39 Å². The maximum absolute atomic E-state index is 4.25. The first kappa shape index (κ1) is 5.83. The van der Waals surface area contributed by atoms with Crippen LogP contribution in [0.5, 0.6) is 0 Å². The van der Waals surface area contributed by atoms with Crippen molar-refractivity contribution in [1.82, 2.24) is 14.4 Å². The standard InChI is InChI=1S/C9H7N3/c1-2-7-8(10-3-1)6-12-5-4-11-9(7)12/h1-6,11H. The van der Waals surface area contributed by atoms with Gasteiger partial charge in [0, 0.05) is 30.2 Å². The number of pyridine rings is 1. The fraction of sp³-hybridized carbons (Fsp3) is 0. The number of imidazole rings is 1. The maximum atomic E-state index is 4.25. The Morgan fingerprint density at radius 2 is 2.42 bits per heavy atom. The summed E-state index contributed by atoms with van der Waals surface area (Å²) in [6.07, 6.45) is 7.72. The minimum absolute atomic E-state index is 1.03. The lowest BCUT2D eigenvalue weighted by Gasteiger charge is -1.84. The van der Waals surface area contributed by atoms with Crippen LogP contribution in [0.3, 0.4) is 0 Å². The predicted molar refractivity (Wildman–Crippen MR) is 47.0 cm³/mol. The van der Waals surface area contributed by atoms with E-state index < -0.39 is 0 Å². The third-order valence-electron chi connectivity index (χ3n) is 2.07. The van der Waals surface area contributed by atoms with Crippen molar-refractivity contribution in [2.45, 2.75) is 0 Å². The fourth-order valence-electron chi connectivity index (χ4n) is 1.52. The second-order valence-corrected chi connectivity index (χ2v) is 2.78. The molecule has 0 aromatic carbocycles. The molecule has 0 aliphatic carbocycles. The van der Waals surface area contributed by atoms with Gasteiger partial charge in [0.2, 0.25) is 0 Å². The van der Waals surface area contributed by atoms with Gasteiger partial charge in [-0.25, -0.2) is 0 Å². The molecular formula is C9H7N3. The average Bonchev–Trinajstić information content (AvgIpc) is 2.62. The van der Waals surface area contributed by atoms with Crippen LogP contribution in [0.2, 0.25) is 0 Å². The first-order valence-corrected chi connectivity index (χ1v) is 3.84. The first-order valence-electron chi connectivity index (χ1n) is 3.84. The molecule has 0 aliphatic rings. The van der Waals surface area contributed by atoms with Crippen LogP contribution in [-0.4, -0.2) is 14.4 Å². The fourth-order valence-corrected chi connectivity index (χ4v) is 1.52. The summed E-state index contributed by atoms with van der Waals surface area (Å²) < 4.78 is 2.04. The molecular weight excluding hydrogens is 150 g/mol. The molecule has 0 saturated heterocycles. The maximum Gasteiger partial charge on any atom is 0.123 e. The molecule has 0 unspecified atom stereocenters. The first-order chi connectivity index (χ1) is 5.95. The number of hydrogen-bond donors (Lipinski definition) is 1. The highest BCUT2D eigenvalue weighted by Gasteiger charge is 2.01. The third kappa shape index (κ3) is 0.580. The zero-order valence-electron chi connectivity index (χ0n) is 6.36. The molecule has 3 aromatic heterocycles. The van der Waals surface area contributed by atoms with E-state index in [1.54, 1.807) is 0 Å². The smallest absolute Gasteiger partial charge is 0.123 e. The zero-order chi connectivity index (χ0) is 7.97. The summed E-state index contributed by atoms with van der Waals surface area (Å²) in [6.45, 7) is 0. The van der Waals surface area contributed by atoms with Gasteiger partial charge in [0.15, 0.2) is 0 Å². The summed E-state index contributed by atoms with van der Waals surface area (Å²) in [6, 6.07) is 4.01. The van der Waals surface area contributed by atoms with Crippen LogP contribution in [0.25, 0.3) is 16.6 Å². The summed E-state index contributed by atoms with van der Waals surface area (Å²) in [7, 11) is 0. The minimum atomic E-state index is 1.03. The van der Waals surface area contributed by atoms with Crippen molar-refractivity contribution in [3.8, 4) is 0 Å². The highest BCUT2D eigenvalue weighted by atomic mass is 15.0. The topological polar surface area (TPSA) is 33.1 Å². The van der Waals surface area contributed by atoms with Crippen molar-refractivity contribution >= 4 is 16.6 Å². The number of rotatable bonds is 0. The van der Waals surface area contributed by atoms with Gasteiger partial charge in [-0.1, -0.05) is 0 Å². The Kier molecular flexibility index (Phi) is 0.913. The van der Waals surface area contributed by atoms with Gasteiger partial charge in [-0.05, 0) is 12.1 Å². The molecule has 3 rings (SSSR count). The van der Waals surface area contributed by atoms with Crippen molar-refractivity contribution in [3.63, 3.8) is 0 Å². The molecule has 1 N–H and O–H groups in total. The van der Waals surface area contributed by atoms with Crippen molar-refractivity contribution in [3.05, 3.63) is 36.9 Å². The Bertz CT molecular complexity index is 532. The van der Waals surface area contributed by atoms with Gasteiger partial charge in [0.1, 0.15) is 5.65 Å². The molecule has 0 spiro atoms. The lowest BCUT2D eigenvalue weighted by Crippen LogP contribution is -1.70. The van der Waals surface area contributed by atoms with Crippen LogP contribution < -0.4 is 0 Å². The van der Waals surface area contributed by atoms with Crippen LogP contribution >= 0.6 is 0 Å². The molecule has 0 atom stereocenters. The monoisotopic (exact) mass is 157 g/mol. The van der Waals surface area contributed by atoms with Gasteiger partial charge in [-0.2, -0.15) is 0 Å². The van der Waals surface area contributed by atoms with Crippen LogP contribution in [0.4, 0.5) is 0 Å². The van der Waals surface area contributed by atoms with E-state index in [4.69, 9.17) is 0 Å². The van der Waals surface area contributed by atoms with Gasteiger partial charge in [0.05, 0.1) is 5.52 Å². The minimum Gasteiger partial charge on any atom is -0.346 e. The Hall–Kier alpha value is -1.77. The van der Waals surface area contributed by atoms with Gasteiger partial charge in [0.25, 0.3) is 0 Å². The zero-order valence-corrected chi connectivity index (χ0v) is 6.36. The molecule has 3 aromatic rings. The molecule has 58 valence electrons. The number of nitrogens with one attached hydrogen (secondary N) is 1.